The number of imidazole rings is 1. The second kappa shape index (κ2) is 5.42. The highest BCUT2D eigenvalue weighted by molar-refractivity contribution is 9.10. The molecule has 0 amide bonds. The minimum atomic E-state index is 0.625. The molecule has 102 valence electrons. The van der Waals surface area contributed by atoms with Crippen LogP contribution in [0, 0.1) is 4.77 Å². The fourth-order valence-electron chi connectivity index (χ4n) is 2.25. The molecule has 0 saturated heterocycles. The summed E-state index contributed by atoms with van der Waals surface area (Å²) in [6, 6.07) is 14.0. The van der Waals surface area contributed by atoms with E-state index in [9.17, 15) is 0 Å². The maximum atomic E-state index is 5.65. The van der Waals surface area contributed by atoms with Crippen LogP contribution in [0.25, 0.3) is 16.7 Å². The molecule has 0 aliphatic heterocycles. The normalized spacial score (nSPS) is 10.9. The van der Waals surface area contributed by atoms with Crippen molar-refractivity contribution in [1.82, 2.24) is 9.55 Å². The zero-order valence-electron chi connectivity index (χ0n) is 10.9. The number of nitrogens with one attached hydrogen (secondary N) is 1. The Bertz CT molecular complexity index is 822. The first-order chi connectivity index (χ1) is 9.72. The summed E-state index contributed by atoms with van der Waals surface area (Å²) >= 11 is 9.04. The third kappa shape index (κ3) is 2.17. The third-order valence-electron chi connectivity index (χ3n) is 3.07. The van der Waals surface area contributed by atoms with Gasteiger partial charge in [-0.2, -0.15) is 0 Å². The van der Waals surface area contributed by atoms with Crippen LogP contribution >= 0.6 is 28.1 Å². The van der Waals surface area contributed by atoms with Gasteiger partial charge in [-0.15, -0.1) is 0 Å². The SMILES string of the molecule is CCOc1cccc2c1[nH]c(=S)n2-c1ccccc1Br. The highest BCUT2D eigenvalue weighted by Gasteiger charge is 2.12. The standard InChI is InChI=1S/C15H13BrN2OS/c1-2-19-13-9-5-8-12-14(13)17-15(20)18(12)11-7-4-3-6-10(11)16/h3-9H,2H2,1H3,(H,17,20). The van der Waals surface area contributed by atoms with E-state index >= 15 is 0 Å². The number of aromatic nitrogens is 2. The van der Waals surface area contributed by atoms with Gasteiger partial charge in [0, 0.05) is 4.47 Å². The first-order valence-electron chi connectivity index (χ1n) is 6.34. The van der Waals surface area contributed by atoms with Crippen LogP contribution in [0.1, 0.15) is 6.92 Å². The lowest BCUT2D eigenvalue weighted by Crippen LogP contribution is -1.95. The molecule has 0 bridgehead atoms. The lowest BCUT2D eigenvalue weighted by Gasteiger charge is -2.08. The van der Waals surface area contributed by atoms with Gasteiger partial charge in [0.05, 0.1) is 17.8 Å². The second-order valence-electron chi connectivity index (χ2n) is 4.30. The second-order valence-corrected chi connectivity index (χ2v) is 5.54. The fourth-order valence-corrected chi connectivity index (χ4v) is 3.01. The van der Waals surface area contributed by atoms with Crippen LogP contribution in [-0.4, -0.2) is 16.2 Å². The van der Waals surface area contributed by atoms with Gasteiger partial charge in [0.1, 0.15) is 11.3 Å². The van der Waals surface area contributed by atoms with Crippen LogP contribution in [0.3, 0.4) is 0 Å². The molecule has 0 aliphatic carbocycles. The minimum absolute atomic E-state index is 0.625. The molecule has 20 heavy (non-hydrogen) atoms. The summed E-state index contributed by atoms with van der Waals surface area (Å²) in [4.78, 5) is 3.24. The average molecular weight is 349 g/mol. The van der Waals surface area contributed by atoms with Crippen molar-refractivity contribution >= 4 is 39.2 Å². The largest absolute Gasteiger partial charge is 0.492 e. The van der Waals surface area contributed by atoms with Crippen LogP contribution in [0.2, 0.25) is 0 Å². The van der Waals surface area contributed by atoms with Crippen molar-refractivity contribution in [2.24, 2.45) is 0 Å². The minimum Gasteiger partial charge on any atom is -0.492 e. The third-order valence-corrected chi connectivity index (χ3v) is 4.03. The molecular weight excluding hydrogens is 336 g/mol. The fraction of sp³-hybridized carbons (Fsp3) is 0.133. The molecule has 0 spiro atoms. The number of hydrogen-bond acceptors (Lipinski definition) is 2. The molecule has 3 aromatic rings. The van der Waals surface area contributed by atoms with Gasteiger partial charge in [0.15, 0.2) is 4.77 Å². The van der Waals surface area contributed by atoms with E-state index in [0.29, 0.717) is 11.4 Å². The highest BCUT2D eigenvalue weighted by Crippen LogP contribution is 2.30. The van der Waals surface area contributed by atoms with Crippen molar-refractivity contribution in [3.8, 4) is 11.4 Å². The number of benzene rings is 2. The summed E-state index contributed by atoms with van der Waals surface area (Å²) in [5.74, 6) is 0.821. The summed E-state index contributed by atoms with van der Waals surface area (Å²) < 4.78 is 9.31. The molecule has 0 atom stereocenters. The Morgan fingerprint density at radius 1 is 1.20 bits per heavy atom. The monoisotopic (exact) mass is 348 g/mol. The zero-order chi connectivity index (χ0) is 14.1. The van der Waals surface area contributed by atoms with E-state index in [4.69, 9.17) is 17.0 Å². The number of rotatable bonds is 3. The number of para-hydroxylation sites is 2. The van der Waals surface area contributed by atoms with E-state index in [1.165, 1.54) is 0 Å². The molecule has 5 heteroatoms. The quantitative estimate of drug-likeness (QED) is 0.685. The summed E-state index contributed by atoms with van der Waals surface area (Å²) in [7, 11) is 0. The lowest BCUT2D eigenvalue weighted by atomic mass is 10.2. The number of H-pyrrole nitrogens is 1. The molecule has 3 rings (SSSR count). The van der Waals surface area contributed by atoms with Gasteiger partial charge in [-0.1, -0.05) is 18.2 Å². The molecule has 0 saturated carbocycles. The summed E-state index contributed by atoms with van der Waals surface area (Å²) in [5.41, 5.74) is 2.94. The van der Waals surface area contributed by atoms with E-state index in [2.05, 4.69) is 20.9 Å². The van der Waals surface area contributed by atoms with Gasteiger partial charge in [-0.25, -0.2) is 0 Å². The molecule has 2 aromatic carbocycles. The number of ether oxygens (including phenoxy) is 1. The molecule has 0 fully saturated rings. The Balaban J connectivity index is 2.33. The Labute approximate surface area is 130 Å². The molecule has 0 aliphatic rings. The number of fused-ring (bicyclic) bond motifs is 1. The topological polar surface area (TPSA) is 29.9 Å². The smallest absolute Gasteiger partial charge is 0.182 e. The molecule has 0 radical (unpaired) electrons. The van der Waals surface area contributed by atoms with E-state index in [0.717, 1.165) is 26.9 Å². The van der Waals surface area contributed by atoms with Crippen LogP contribution in [0.5, 0.6) is 5.75 Å². The Kier molecular flexibility index (Phi) is 3.63. The Morgan fingerprint density at radius 3 is 2.75 bits per heavy atom. The Morgan fingerprint density at radius 2 is 2.00 bits per heavy atom. The van der Waals surface area contributed by atoms with Gasteiger partial charge >= 0.3 is 0 Å². The van der Waals surface area contributed by atoms with Gasteiger partial charge in [-0.3, -0.25) is 4.57 Å². The van der Waals surface area contributed by atoms with E-state index < -0.39 is 0 Å². The number of nitrogens with zero attached hydrogens (tertiary/aromatic N) is 1. The van der Waals surface area contributed by atoms with Crippen molar-refractivity contribution in [1.29, 1.82) is 0 Å². The molecule has 1 N–H and O–H groups in total. The van der Waals surface area contributed by atoms with Gasteiger partial charge < -0.3 is 9.72 Å². The van der Waals surface area contributed by atoms with E-state index in [1.54, 1.807) is 0 Å². The van der Waals surface area contributed by atoms with E-state index in [1.807, 2.05) is 54.0 Å². The van der Waals surface area contributed by atoms with E-state index in [-0.39, 0.29) is 0 Å². The Hall–Kier alpha value is -1.59. The van der Waals surface area contributed by atoms with Gasteiger partial charge in [0.2, 0.25) is 0 Å². The van der Waals surface area contributed by atoms with Crippen molar-refractivity contribution in [3.63, 3.8) is 0 Å². The molecule has 1 aromatic heterocycles. The predicted octanol–water partition coefficient (Wildman–Crippen LogP) is 4.85. The number of halogens is 1. The maximum absolute atomic E-state index is 5.65. The van der Waals surface area contributed by atoms with Crippen molar-refractivity contribution < 1.29 is 4.74 Å². The van der Waals surface area contributed by atoms with Crippen LogP contribution < -0.4 is 4.74 Å². The maximum Gasteiger partial charge on any atom is 0.182 e. The van der Waals surface area contributed by atoms with Crippen molar-refractivity contribution in [2.75, 3.05) is 6.61 Å². The van der Waals surface area contributed by atoms with Crippen LogP contribution in [0.15, 0.2) is 46.9 Å². The average Bonchev–Trinajstić information content (AvgIpc) is 2.77. The molecule has 0 unspecified atom stereocenters. The van der Waals surface area contributed by atoms with Crippen molar-refractivity contribution in [3.05, 3.63) is 51.7 Å². The predicted molar refractivity (Wildman–Crippen MR) is 87.3 cm³/mol. The van der Waals surface area contributed by atoms with Gasteiger partial charge in [0.25, 0.3) is 0 Å². The summed E-state index contributed by atoms with van der Waals surface area (Å²) in [5, 5.41) is 0. The van der Waals surface area contributed by atoms with Gasteiger partial charge in [-0.05, 0) is 59.3 Å². The molecule has 3 nitrogen and oxygen atoms in total. The number of hydrogen-bond donors (Lipinski definition) is 1. The summed E-state index contributed by atoms with van der Waals surface area (Å²) in [6.45, 7) is 2.60. The lowest BCUT2D eigenvalue weighted by molar-refractivity contribution is 0.343. The molecular formula is C15H13BrN2OS. The number of aromatic amines is 1. The van der Waals surface area contributed by atoms with Crippen molar-refractivity contribution in [2.45, 2.75) is 6.92 Å². The zero-order valence-corrected chi connectivity index (χ0v) is 13.3. The van der Waals surface area contributed by atoms with Crippen LogP contribution in [0.4, 0.5) is 0 Å². The van der Waals surface area contributed by atoms with Crippen LogP contribution in [-0.2, 0) is 0 Å². The first-order valence-corrected chi connectivity index (χ1v) is 7.54. The summed E-state index contributed by atoms with van der Waals surface area (Å²) in [6.07, 6.45) is 0. The highest BCUT2D eigenvalue weighted by atomic mass is 79.9. The first kappa shape index (κ1) is 13.4. The molecule has 1 heterocycles.